The minimum absolute atomic E-state index is 0.331. The van der Waals surface area contributed by atoms with Crippen molar-refractivity contribution in [2.24, 2.45) is 0 Å². The number of aromatic amines is 1. The molecule has 7 nitrogen and oxygen atoms in total. The summed E-state index contributed by atoms with van der Waals surface area (Å²) in [6.07, 6.45) is 8.83. The summed E-state index contributed by atoms with van der Waals surface area (Å²) >= 11 is 0. The Balaban J connectivity index is 1.49. The number of H-pyrrole nitrogens is 1. The molecule has 1 saturated carbocycles. The van der Waals surface area contributed by atoms with Gasteiger partial charge in [0.05, 0.1) is 22.8 Å². The van der Waals surface area contributed by atoms with Crippen LogP contribution in [-0.2, 0) is 0 Å². The highest BCUT2D eigenvalue weighted by Gasteiger charge is 2.25. The van der Waals surface area contributed by atoms with Crippen LogP contribution in [-0.4, -0.2) is 37.2 Å². The standard InChI is InChI=1S/C27H33N7/c1-16(2)24-25(21-14-34-27(30-15-31-34)18(4)17(21)3)33-23-11-10-22(32-26(23)24)19-6-8-20(9-7-19)29-13-5-12-28/h10-11,14-16,19-20,29,33H,5-9,13H2,1-4H3. The minimum atomic E-state index is 0.331. The van der Waals surface area contributed by atoms with E-state index >= 15 is 0 Å². The first-order valence-electron chi connectivity index (χ1n) is 12.4. The van der Waals surface area contributed by atoms with Gasteiger partial charge < -0.3 is 10.3 Å². The second-order valence-corrected chi connectivity index (χ2v) is 9.93. The second kappa shape index (κ2) is 9.19. The summed E-state index contributed by atoms with van der Waals surface area (Å²) in [5, 5.41) is 16.7. The summed E-state index contributed by atoms with van der Waals surface area (Å²) in [4.78, 5) is 13.3. The van der Waals surface area contributed by atoms with Crippen molar-refractivity contribution < 1.29 is 0 Å². The number of fused-ring (bicyclic) bond motifs is 2. The average Bonchev–Trinajstić information content (AvgIpc) is 3.46. The van der Waals surface area contributed by atoms with E-state index in [4.69, 9.17) is 10.2 Å². The molecule has 1 aliphatic rings. The maximum Gasteiger partial charge on any atom is 0.158 e. The van der Waals surface area contributed by atoms with Crippen molar-refractivity contribution in [3.05, 3.63) is 47.0 Å². The fourth-order valence-corrected chi connectivity index (χ4v) is 5.48. The van der Waals surface area contributed by atoms with Crippen LogP contribution in [0.3, 0.4) is 0 Å². The molecule has 4 aromatic heterocycles. The molecular weight excluding hydrogens is 422 g/mol. The molecule has 0 atom stereocenters. The van der Waals surface area contributed by atoms with Gasteiger partial charge in [-0.3, -0.25) is 4.98 Å². The van der Waals surface area contributed by atoms with Crippen molar-refractivity contribution in [2.45, 2.75) is 77.7 Å². The SMILES string of the molecule is Cc1c(-c2[nH]c3ccc(C4CCC(NCCC#N)CC4)nc3c2C(C)C)cn2ncnc2c1C. The lowest BCUT2D eigenvalue weighted by Crippen LogP contribution is -2.33. The number of pyridine rings is 2. The van der Waals surface area contributed by atoms with E-state index in [0.717, 1.165) is 65.7 Å². The lowest BCUT2D eigenvalue weighted by molar-refractivity contribution is 0.342. The summed E-state index contributed by atoms with van der Waals surface area (Å²) < 4.78 is 1.87. The van der Waals surface area contributed by atoms with Crippen LogP contribution in [0.25, 0.3) is 27.9 Å². The molecule has 0 spiro atoms. The van der Waals surface area contributed by atoms with Crippen molar-refractivity contribution in [3.63, 3.8) is 0 Å². The molecule has 0 bridgehead atoms. The molecule has 1 aliphatic carbocycles. The fourth-order valence-electron chi connectivity index (χ4n) is 5.48. The Labute approximate surface area is 200 Å². The number of aryl methyl sites for hydroxylation is 1. The average molecular weight is 456 g/mol. The van der Waals surface area contributed by atoms with Gasteiger partial charge in [-0.25, -0.2) is 9.50 Å². The van der Waals surface area contributed by atoms with E-state index < -0.39 is 0 Å². The van der Waals surface area contributed by atoms with Gasteiger partial charge in [0.1, 0.15) is 6.33 Å². The van der Waals surface area contributed by atoms with Gasteiger partial charge >= 0.3 is 0 Å². The largest absolute Gasteiger partial charge is 0.353 e. The zero-order chi connectivity index (χ0) is 23.8. The van der Waals surface area contributed by atoms with E-state index in [2.05, 4.69) is 72.5 Å². The number of rotatable bonds is 6. The lowest BCUT2D eigenvalue weighted by atomic mass is 9.83. The molecule has 7 heteroatoms. The number of aromatic nitrogens is 5. The predicted octanol–water partition coefficient (Wildman–Crippen LogP) is 5.54. The van der Waals surface area contributed by atoms with Crippen LogP contribution >= 0.6 is 0 Å². The Morgan fingerprint density at radius 2 is 1.97 bits per heavy atom. The van der Waals surface area contributed by atoms with Gasteiger partial charge in [-0.15, -0.1) is 0 Å². The summed E-state index contributed by atoms with van der Waals surface area (Å²) in [6.45, 7) is 9.56. The van der Waals surface area contributed by atoms with E-state index in [-0.39, 0.29) is 0 Å². The first-order chi connectivity index (χ1) is 16.5. The zero-order valence-electron chi connectivity index (χ0n) is 20.5. The van der Waals surface area contributed by atoms with Crippen molar-refractivity contribution in [1.82, 2.24) is 29.9 Å². The third-order valence-electron chi connectivity index (χ3n) is 7.49. The lowest BCUT2D eigenvalue weighted by Gasteiger charge is -2.28. The van der Waals surface area contributed by atoms with Crippen LogP contribution in [0.4, 0.5) is 0 Å². The summed E-state index contributed by atoms with van der Waals surface area (Å²) in [7, 11) is 0. The molecule has 0 unspecified atom stereocenters. The predicted molar refractivity (Wildman–Crippen MR) is 135 cm³/mol. The molecule has 176 valence electrons. The first-order valence-corrected chi connectivity index (χ1v) is 12.4. The highest BCUT2D eigenvalue weighted by Crippen LogP contribution is 2.39. The van der Waals surface area contributed by atoms with E-state index in [0.29, 0.717) is 24.3 Å². The maximum absolute atomic E-state index is 8.77. The Kier molecular flexibility index (Phi) is 6.09. The van der Waals surface area contributed by atoms with Gasteiger partial charge in [0.25, 0.3) is 0 Å². The van der Waals surface area contributed by atoms with Crippen LogP contribution in [0.5, 0.6) is 0 Å². The monoisotopic (exact) mass is 455 g/mol. The van der Waals surface area contributed by atoms with Gasteiger partial charge in [-0.2, -0.15) is 10.4 Å². The Morgan fingerprint density at radius 3 is 2.71 bits per heavy atom. The van der Waals surface area contributed by atoms with Gasteiger partial charge in [-0.05, 0) is 68.7 Å². The Hall–Kier alpha value is -3.24. The molecule has 0 saturated heterocycles. The third kappa shape index (κ3) is 3.97. The number of nitrogens with one attached hydrogen (secondary N) is 2. The number of hydrogen-bond acceptors (Lipinski definition) is 5. The molecule has 5 rings (SSSR count). The van der Waals surface area contributed by atoms with Crippen LogP contribution in [0.1, 0.15) is 80.2 Å². The van der Waals surface area contributed by atoms with Crippen LogP contribution in [0.2, 0.25) is 0 Å². The molecular formula is C27H33N7. The molecule has 0 amide bonds. The van der Waals surface area contributed by atoms with Crippen molar-refractivity contribution >= 4 is 16.7 Å². The van der Waals surface area contributed by atoms with Crippen molar-refractivity contribution in [1.29, 1.82) is 5.26 Å². The molecule has 34 heavy (non-hydrogen) atoms. The van der Waals surface area contributed by atoms with E-state index in [1.54, 1.807) is 6.33 Å². The van der Waals surface area contributed by atoms with E-state index in [9.17, 15) is 0 Å². The summed E-state index contributed by atoms with van der Waals surface area (Å²) in [5.74, 6) is 0.824. The highest BCUT2D eigenvalue weighted by molar-refractivity contribution is 5.89. The molecule has 4 heterocycles. The Bertz CT molecular complexity index is 1360. The Morgan fingerprint density at radius 1 is 1.18 bits per heavy atom. The number of nitrogens with zero attached hydrogens (tertiary/aromatic N) is 5. The first kappa shape index (κ1) is 22.5. The smallest absolute Gasteiger partial charge is 0.158 e. The van der Waals surface area contributed by atoms with Crippen molar-refractivity contribution in [3.8, 4) is 17.3 Å². The van der Waals surface area contributed by atoms with E-state index in [1.165, 1.54) is 16.8 Å². The van der Waals surface area contributed by atoms with Gasteiger partial charge in [0.2, 0.25) is 0 Å². The molecule has 1 fully saturated rings. The molecule has 0 radical (unpaired) electrons. The molecule has 0 aromatic carbocycles. The normalized spacial score (nSPS) is 18.7. The highest BCUT2D eigenvalue weighted by atomic mass is 15.3. The summed E-state index contributed by atoms with van der Waals surface area (Å²) in [6, 6.07) is 7.16. The van der Waals surface area contributed by atoms with Gasteiger partial charge in [0, 0.05) is 47.9 Å². The maximum atomic E-state index is 8.77. The fraction of sp³-hybridized carbons (Fsp3) is 0.481. The zero-order valence-corrected chi connectivity index (χ0v) is 20.5. The van der Waals surface area contributed by atoms with Gasteiger partial charge in [0.15, 0.2) is 5.65 Å². The molecule has 0 aliphatic heterocycles. The number of hydrogen-bond donors (Lipinski definition) is 2. The quantitative estimate of drug-likeness (QED) is 0.372. The third-order valence-corrected chi connectivity index (χ3v) is 7.49. The van der Waals surface area contributed by atoms with E-state index in [1.807, 2.05) is 4.52 Å². The van der Waals surface area contributed by atoms with Crippen LogP contribution < -0.4 is 5.32 Å². The second-order valence-electron chi connectivity index (χ2n) is 9.93. The minimum Gasteiger partial charge on any atom is -0.353 e. The summed E-state index contributed by atoms with van der Waals surface area (Å²) in [5.41, 5.74) is 10.2. The number of nitriles is 1. The van der Waals surface area contributed by atoms with Crippen molar-refractivity contribution in [2.75, 3.05) is 6.54 Å². The topological polar surface area (TPSA) is 94.7 Å². The van der Waals surface area contributed by atoms with Crippen LogP contribution in [0.15, 0.2) is 24.7 Å². The molecule has 4 aromatic rings. The molecule has 2 N–H and O–H groups in total. The van der Waals surface area contributed by atoms with Gasteiger partial charge in [-0.1, -0.05) is 13.8 Å². The van der Waals surface area contributed by atoms with Crippen LogP contribution in [0, 0.1) is 25.2 Å².